The van der Waals surface area contributed by atoms with Gasteiger partial charge in [0.2, 0.25) is 0 Å². The van der Waals surface area contributed by atoms with Crippen molar-refractivity contribution >= 4 is 27.9 Å². The lowest BCUT2D eigenvalue weighted by Gasteiger charge is -2.10. The summed E-state index contributed by atoms with van der Waals surface area (Å²) in [7, 11) is 1.67. The first-order valence-corrected chi connectivity index (χ1v) is 11.2. The minimum absolute atomic E-state index is 0.00469. The fourth-order valence-corrected chi connectivity index (χ4v) is 3.93. The number of hydrogen-bond donors (Lipinski definition) is 3. The van der Waals surface area contributed by atoms with Crippen LogP contribution in [0, 0.1) is 5.82 Å². The topological polar surface area (TPSA) is 121 Å². The minimum Gasteiger partial charge on any atom is -0.389 e. The lowest BCUT2D eigenvalue weighted by atomic mass is 10.1. The van der Waals surface area contributed by atoms with Crippen LogP contribution in [0.2, 0.25) is 0 Å². The van der Waals surface area contributed by atoms with Gasteiger partial charge in [0.15, 0.2) is 5.69 Å². The van der Waals surface area contributed by atoms with Gasteiger partial charge in [-0.3, -0.25) is 9.48 Å². The fourth-order valence-electron chi connectivity index (χ4n) is 3.07. The second-order valence-corrected chi connectivity index (χ2v) is 8.71. The molecule has 0 spiro atoms. The number of ether oxygens (including phenoxy) is 1. The smallest absolute Gasteiger partial charge is 0.389 e. The molecule has 4 rings (SSSR count). The number of aryl methyl sites for hydroxylation is 1. The molecule has 1 aliphatic rings. The highest BCUT2D eigenvalue weighted by Gasteiger charge is 2.31. The van der Waals surface area contributed by atoms with E-state index in [0.717, 1.165) is 36.3 Å². The van der Waals surface area contributed by atoms with Gasteiger partial charge in [-0.25, -0.2) is 13.8 Å². The third-order valence-electron chi connectivity index (χ3n) is 4.93. The zero-order chi connectivity index (χ0) is 25.8. The van der Waals surface area contributed by atoms with Gasteiger partial charge in [0.25, 0.3) is 5.91 Å². The van der Waals surface area contributed by atoms with Gasteiger partial charge in [0, 0.05) is 31.5 Å². The molecule has 0 saturated carbocycles. The van der Waals surface area contributed by atoms with E-state index in [2.05, 4.69) is 15.4 Å². The SMILES string of the molecule is Cn1cc(NC(=O)c2nc(-c3ccc(C(F)(F)F)cc3F)sc2N)cn1.NC1CCCOCC1F. The van der Waals surface area contributed by atoms with Crippen LogP contribution >= 0.6 is 11.3 Å². The van der Waals surface area contributed by atoms with Gasteiger partial charge >= 0.3 is 6.18 Å². The molecule has 1 fully saturated rings. The summed E-state index contributed by atoms with van der Waals surface area (Å²) >= 11 is 0.803. The molecule has 2 unspecified atom stereocenters. The van der Waals surface area contributed by atoms with E-state index in [4.69, 9.17) is 16.2 Å². The second-order valence-electron chi connectivity index (χ2n) is 7.68. The van der Waals surface area contributed by atoms with Crippen molar-refractivity contribution in [2.24, 2.45) is 12.8 Å². The van der Waals surface area contributed by atoms with Gasteiger partial charge in [-0.1, -0.05) is 11.3 Å². The third kappa shape index (κ3) is 6.96. The normalized spacial score (nSPS) is 18.4. The number of thiazole rings is 1. The highest BCUT2D eigenvalue weighted by molar-refractivity contribution is 7.19. The van der Waals surface area contributed by atoms with Crippen molar-refractivity contribution in [2.75, 3.05) is 24.3 Å². The molecule has 0 bridgehead atoms. The van der Waals surface area contributed by atoms with Gasteiger partial charge in [0.1, 0.15) is 22.0 Å². The van der Waals surface area contributed by atoms with E-state index < -0.39 is 29.6 Å². The van der Waals surface area contributed by atoms with Crippen LogP contribution < -0.4 is 16.8 Å². The van der Waals surface area contributed by atoms with Crippen LogP contribution in [0.5, 0.6) is 0 Å². The number of hydrogen-bond acceptors (Lipinski definition) is 7. The van der Waals surface area contributed by atoms with Crippen molar-refractivity contribution in [3.8, 4) is 10.6 Å². The molecular formula is C21H23F5N6O2S. The number of nitrogens with two attached hydrogens (primary N) is 2. The molecule has 14 heteroatoms. The number of carbonyl (C=O) groups excluding carboxylic acids is 1. The average Bonchev–Trinajstić information content (AvgIpc) is 3.32. The summed E-state index contributed by atoms with van der Waals surface area (Å²) in [5.74, 6) is -1.74. The number of nitrogens with zero attached hydrogens (tertiary/aromatic N) is 3. The van der Waals surface area contributed by atoms with E-state index in [1.165, 1.54) is 10.9 Å². The third-order valence-corrected chi connectivity index (χ3v) is 5.84. The van der Waals surface area contributed by atoms with Crippen molar-refractivity contribution in [1.82, 2.24) is 14.8 Å². The minimum atomic E-state index is -4.66. The summed E-state index contributed by atoms with van der Waals surface area (Å²) in [5, 5.41) is 6.44. The molecule has 35 heavy (non-hydrogen) atoms. The molecule has 3 aromatic rings. The van der Waals surface area contributed by atoms with Crippen LogP contribution in [0.25, 0.3) is 10.6 Å². The Morgan fingerprint density at radius 2 is 2.09 bits per heavy atom. The molecule has 190 valence electrons. The summed E-state index contributed by atoms with van der Waals surface area (Å²) < 4.78 is 70.9. The van der Waals surface area contributed by atoms with Gasteiger partial charge in [-0.15, -0.1) is 0 Å². The molecule has 2 atom stereocenters. The second kappa shape index (κ2) is 11.1. The Morgan fingerprint density at radius 1 is 1.34 bits per heavy atom. The van der Waals surface area contributed by atoms with Gasteiger partial charge in [-0.05, 0) is 31.0 Å². The Bertz CT molecular complexity index is 1160. The number of carbonyl (C=O) groups is 1. The summed E-state index contributed by atoms with van der Waals surface area (Å²) in [6.07, 6.45) is -1.00. The number of nitrogens with one attached hydrogen (secondary N) is 1. The first-order valence-electron chi connectivity index (χ1n) is 10.4. The molecule has 8 nitrogen and oxygen atoms in total. The van der Waals surface area contributed by atoms with Crippen molar-refractivity contribution in [2.45, 2.75) is 31.2 Å². The molecule has 1 aliphatic heterocycles. The number of rotatable bonds is 3. The molecule has 1 aromatic carbocycles. The number of halogens is 5. The number of amides is 1. The zero-order valence-electron chi connectivity index (χ0n) is 18.5. The lowest BCUT2D eigenvalue weighted by molar-refractivity contribution is -0.137. The Labute approximate surface area is 201 Å². The van der Waals surface area contributed by atoms with Crippen LogP contribution in [0.1, 0.15) is 28.9 Å². The monoisotopic (exact) mass is 518 g/mol. The van der Waals surface area contributed by atoms with Crippen LogP contribution in [0.3, 0.4) is 0 Å². The number of aromatic nitrogens is 3. The maximum atomic E-state index is 14.1. The maximum absolute atomic E-state index is 14.1. The van der Waals surface area contributed by atoms with Crippen molar-refractivity contribution < 1.29 is 31.5 Å². The van der Waals surface area contributed by atoms with Crippen molar-refractivity contribution in [3.05, 3.63) is 47.7 Å². The molecular weight excluding hydrogens is 495 g/mol. The number of benzene rings is 1. The zero-order valence-corrected chi connectivity index (χ0v) is 19.3. The largest absolute Gasteiger partial charge is 0.416 e. The van der Waals surface area contributed by atoms with Crippen LogP contribution in [0.15, 0.2) is 30.6 Å². The summed E-state index contributed by atoms with van der Waals surface area (Å²) in [4.78, 5) is 16.2. The van der Waals surface area contributed by atoms with E-state index in [1.807, 2.05) is 0 Å². The molecule has 0 aliphatic carbocycles. The molecule has 2 aromatic heterocycles. The number of alkyl halides is 4. The summed E-state index contributed by atoms with van der Waals surface area (Å²) in [5.41, 5.74) is 10.2. The van der Waals surface area contributed by atoms with Crippen LogP contribution in [-0.4, -0.2) is 46.1 Å². The highest BCUT2D eigenvalue weighted by Crippen LogP contribution is 2.35. The number of nitrogen functional groups attached to an aromatic ring is 1. The van der Waals surface area contributed by atoms with Crippen LogP contribution in [-0.2, 0) is 18.0 Å². The molecule has 1 saturated heterocycles. The van der Waals surface area contributed by atoms with Gasteiger partial charge < -0.3 is 21.5 Å². The Morgan fingerprint density at radius 3 is 2.71 bits per heavy atom. The Balaban J connectivity index is 0.000000320. The Hall–Kier alpha value is -3.10. The van der Waals surface area contributed by atoms with E-state index in [1.54, 1.807) is 13.2 Å². The van der Waals surface area contributed by atoms with Gasteiger partial charge in [-0.2, -0.15) is 18.3 Å². The predicted octanol–water partition coefficient (Wildman–Crippen LogP) is 4.00. The van der Waals surface area contributed by atoms with E-state index in [0.29, 0.717) is 18.4 Å². The summed E-state index contributed by atoms with van der Waals surface area (Å²) in [6.45, 7) is 0.843. The first kappa shape index (κ1) is 26.5. The van der Waals surface area contributed by atoms with Crippen molar-refractivity contribution in [3.63, 3.8) is 0 Å². The fraction of sp³-hybridized carbons (Fsp3) is 0.381. The summed E-state index contributed by atoms with van der Waals surface area (Å²) in [6, 6.07) is 1.78. The molecule has 3 heterocycles. The van der Waals surface area contributed by atoms with E-state index in [9.17, 15) is 26.7 Å². The van der Waals surface area contributed by atoms with Crippen molar-refractivity contribution in [1.29, 1.82) is 0 Å². The lowest BCUT2D eigenvalue weighted by Crippen LogP contribution is -2.32. The maximum Gasteiger partial charge on any atom is 0.416 e. The Kier molecular flexibility index (Phi) is 8.40. The van der Waals surface area contributed by atoms with E-state index >= 15 is 0 Å². The predicted molar refractivity (Wildman–Crippen MR) is 121 cm³/mol. The van der Waals surface area contributed by atoms with E-state index in [-0.39, 0.29) is 33.9 Å². The standard InChI is InChI=1S/C15H11F4N5OS.C6H12FNO/c1-24-6-8(5-21-24)22-13(25)11-12(20)26-14(23-11)9-3-2-7(4-10(9)16)15(17,18)19;7-5-4-9-3-1-2-6(5)8/h2-6H,20H2,1H3,(H,22,25);5-6H,1-4,8H2. The molecule has 0 radical (unpaired) electrons. The molecule has 1 amide bonds. The average molecular weight is 519 g/mol. The van der Waals surface area contributed by atoms with Crippen LogP contribution in [0.4, 0.5) is 32.6 Å². The quantitative estimate of drug-likeness (QED) is 0.451. The van der Waals surface area contributed by atoms with Gasteiger partial charge in [0.05, 0.1) is 24.1 Å². The highest BCUT2D eigenvalue weighted by atomic mass is 32.1. The first-order chi connectivity index (χ1) is 16.5. The molecule has 5 N–H and O–H groups in total. The number of anilines is 2.